The number of rotatable bonds is 4. The van der Waals surface area contributed by atoms with E-state index >= 15 is 0 Å². The molecule has 22 heavy (non-hydrogen) atoms. The highest BCUT2D eigenvalue weighted by molar-refractivity contribution is 7.13. The van der Waals surface area contributed by atoms with Crippen LogP contribution in [0.5, 0.6) is 0 Å². The Hall–Kier alpha value is -2.52. The van der Waals surface area contributed by atoms with E-state index in [1.54, 1.807) is 0 Å². The maximum absolute atomic E-state index is 11.8. The molecule has 4 aromatic heterocycles. The second-order valence-corrected chi connectivity index (χ2v) is 6.20. The van der Waals surface area contributed by atoms with Gasteiger partial charge in [-0.25, -0.2) is 4.79 Å². The van der Waals surface area contributed by atoms with Gasteiger partial charge >= 0.3 is 5.76 Å². The third-order valence-electron chi connectivity index (χ3n) is 2.83. The molecule has 4 heterocycles. The van der Waals surface area contributed by atoms with Gasteiger partial charge in [-0.3, -0.25) is 0 Å². The van der Waals surface area contributed by atoms with Crippen LogP contribution in [0.2, 0.25) is 0 Å². The molecule has 0 bridgehead atoms. The maximum atomic E-state index is 11.8. The van der Waals surface area contributed by atoms with E-state index in [2.05, 4.69) is 15.2 Å². The second kappa shape index (κ2) is 5.35. The van der Waals surface area contributed by atoms with Crippen molar-refractivity contribution in [3.8, 4) is 21.5 Å². The van der Waals surface area contributed by atoms with Gasteiger partial charge in [-0.05, 0) is 22.9 Å². The molecule has 9 heteroatoms. The highest BCUT2D eigenvalue weighted by Crippen LogP contribution is 2.23. The molecular formula is C13H8N4O3S2. The largest absolute Gasteiger partial charge is 0.437 e. The molecule has 0 aliphatic carbocycles. The van der Waals surface area contributed by atoms with Crippen molar-refractivity contribution in [2.24, 2.45) is 0 Å². The van der Waals surface area contributed by atoms with Gasteiger partial charge in [-0.15, -0.1) is 27.8 Å². The highest BCUT2D eigenvalue weighted by atomic mass is 32.1. The summed E-state index contributed by atoms with van der Waals surface area (Å²) >= 11 is 2.95. The summed E-state index contributed by atoms with van der Waals surface area (Å²) in [5.41, 5.74) is 0. The summed E-state index contributed by atoms with van der Waals surface area (Å²) in [4.78, 5) is 17.8. The van der Waals surface area contributed by atoms with Crippen molar-refractivity contribution in [1.82, 2.24) is 19.9 Å². The first-order valence-electron chi connectivity index (χ1n) is 6.28. The molecule has 0 spiro atoms. The zero-order chi connectivity index (χ0) is 14.9. The smallest absolute Gasteiger partial charge is 0.387 e. The van der Waals surface area contributed by atoms with E-state index in [9.17, 15) is 4.79 Å². The number of hydrogen-bond donors (Lipinski definition) is 0. The standard InChI is InChI=1S/C13H8N4O3S2/c18-13-17(15-12(19-13)9-4-2-6-22-9)7-10-14-11(20-16-10)8-3-1-5-21-8/h1-6H,7H2. The van der Waals surface area contributed by atoms with E-state index in [4.69, 9.17) is 8.94 Å². The number of aromatic nitrogens is 4. The summed E-state index contributed by atoms with van der Waals surface area (Å²) in [6.45, 7) is 0.0998. The van der Waals surface area contributed by atoms with Gasteiger partial charge in [0.1, 0.15) is 6.54 Å². The van der Waals surface area contributed by atoms with E-state index < -0.39 is 5.76 Å². The number of thiophene rings is 2. The van der Waals surface area contributed by atoms with Gasteiger partial charge in [0.15, 0.2) is 5.82 Å². The summed E-state index contributed by atoms with van der Waals surface area (Å²) in [6, 6.07) is 7.49. The lowest BCUT2D eigenvalue weighted by Crippen LogP contribution is -2.17. The minimum atomic E-state index is -0.550. The van der Waals surface area contributed by atoms with Crippen LogP contribution in [-0.4, -0.2) is 19.9 Å². The summed E-state index contributed by atoms with van der Waals surface area (Å²) in [5, 5.41) is 11.8. The van der Waals surface area contributed by atoms with Crippen LogP contribution in [-0.2, 0) is 6.54 Å². The SMILES string of the molecule is O=c1oc(-c2cccs2)nn1Cc1noc(-c2cccs2)n1. The van der Waals surface area contributed by atoms with Gasteiger partial charge < -0.3 is 8.94 Å². The summed E-state index contributed by atoms with van der Waals surface area (Å²) in [7, 11) is 0. The molecule has 0 N–H and O–H groups in total. The van der Waals surface area contributed by atoms with Crippen molar-refractivity contribution in [2.45, 2.75) is 6.54 Å². The molecule has 0 amide bonds. The minimum Gasteiger partial charge on any atom is -0.387 e. The van der Waals surface area contributed by atoms with Gasteiger partial charge in [0.05, 0.1) is 9.75 Å². The molecule has 0 aliphatic heterocycles. The minimum absolute atomic E-state index is 0.0998. The first-order chi connectivity index (χ1) is 10.8. The Labute approximate surface area is 131 Å². The Morgan fingerprint density at radius 3 is 2.50 bits per heavy atom. The zero-order valence-corrected chi connectivity index (χ0v) is 12.6. The third kappa shape index (κ3) is 2.40. The molecule has 4 aromatic rings. The molecule has 4 rings (SSSR count). The van der Waals surface area contributed by atoms with Crippen LogP contribution in [0.4, 0.5) is 0 Å². The van der Waals surface area contributed by atoms with E-state index in [0.717, 1.165) is 9.75 Å². The van der Waals surface area contributed by atoms with Crippen molar-refractivity contribution in [2.75, 3.05) is 0 Å². The first kappa shape index (κ1) is 13.2. The van der Waals surface area contributed by atoms with Gasteiger partial charge in [0, 0.05) is 0 Å². The summed E-state index contributed by atoms with van der Waals surface area (Å²) in [6.07, 6.45) is 0. The van der Waals surface area contributed by atoms with Crippen LogP contribution in [0, 0.1) is 0 Å². The molecule has 0 fully saturated rings. The zero-order valence-electron chi connectivity index (χ0n) is 11.0. The van der Waals surface area contributed by atoms with Crippen molar-refractivity contribution in [3.63, 3.8) is 0 Å². The molecule has 0 saturated carbocycles. The van der Waals surface area contributed by atoms with Crippen LogP contribution in [0.15, 0.2) is 48.8 Å². The average Bonchev–Trinajstić information content (AvgIpc) is 3.28. The van der Waals surface area contributed by atoms with Crippen molar-refractivity contribution in [1.29, 1.82) is 0 Å². The highest BCUT2D eigenvalue weighted by Gasteiger charge is 2.15. The average molecular weight is 332 g/mol. The molecular weight excluding hydrogens is 324 g/mol. The van der Waals surface area contributed by atoms with Crippen molar-refractivity contribution < 1.29 is 8.94 Å². The molecule has 0 aromatic carbocycles. The van der Waals surface area contributed by atoms with E-state index in [-0.39, 0.29) is 6.54 Å². The summed E-state index contributed by atoms with van der Waals surface area (Å²) in [5.74, 6) is 0.546. The molecule has 7 nitrogen and oxygen atoms in total. The van der Waals surface area contributed by atoms with Crippen LogP contribution < -0.4 is 5.76 Å². The Bertz CT molecular complexity index is 934. The van der Waals surface area contributed by atoms with Crippen LogP contribution in [0.25, 0.3) is 21.5 Å². The fourth-order valence-electron chi connectivity index (χ4n) is 1.86. The molecule has 0 radical (unpaired) electrons. The monoisotopic (exact) mass is 332 g/mol. The molecule has 0 saturated heterocycles. The lowest BCUT2D eigenvalue weighted by molar-refractivity contribution is 0.416. The second-order valence-electron chi connectivity index (χ2n) is 4.30. The maximum Gasteiger partial charge on any atom is 0.437 e. The predicted octanol–water partition coefficient (Wildman–Crippen LogP) is 2.72. The summed E-state index contributed by atoms with van der Waals surface area (Å²) < 4.78 is 11.5. The van der Waals surface area contributed by atoms with E-state index in [1.807, 2.05) is 35.0 Å². The third-order valence-corrected chi connectivity index (χ3v) is 4.55. The van der Waals surface area contributed by atoms with Crippen molar-refractivity contribution in [3.05, 3.63) is 51.4 Å². The fraction of sp³-hybridized carbons (Fsp3) is 0.0769. The molecule has 0 atom stereocenters. The quantitative estimate of drug-likeness (QED) is 0.571. The molecule has 110 valence electrons. The lowest BCUT2D eigenvalue weighted by Gasteiger charge is -1.90. The van der Waals surface area contributed by atoms with Crippen molar-refractivity contribution >= 4 is 22.7 Å². The van der Waals surface area contributed by atoms with Gasteiger partial charge in [0.25, 0.3) is 11.8 Å². The lowest BCUT2D eigenvalue weighted by atomic mass is 10.5. The first-order valence-corrected chi connectivity index (χ1v) is 8.04. The van der Waals surface area contributed by atoms with Gasteiger partial charge in [0.2, 0.25) is 0 Å². The van der Waals surface area contributed by atoms with Crippen LogP contribution in [0.3, 0.4) is 0 Å². The Morgan fingerprint density at radius 2 is 1.82 bits per heavy atom. The number of nitrogens with zero attached hydrogens (tertiary/aromatic N) is 4. The Kier molecular flexibility index (Phi) is 3.20. The normalized spacial score (nSPS) is 11.1. The number of hydrogen-bond acceptors (Lipinski definition) is 8. The van der Waals surface area contributed by atoms with Crippen LogP contribution >= 0.6 is 22.7 Å². The predicted molar refractivity (Wildman–Crippen MR) is 80.8 cm³/mol. The topological polar surface area (TPSA) is 87.0 Å². The fourth-order valence-corrected chi connectivity index (χ4v) is 3.15. The Morgan fingerprint density at radius 1 is 1.09 bits per heavy atom. The molecule has 0 aliphatic rings. The van der Waals surface area contributed by atoms with E-state index in [1.165, 1.54) is 27.4 Å². The molecule has 0 unspecified atom stereocenters. The van der Waals surface area contributed by atoms with Crippen LogP contribution in [0.1, 0.15) is 5.82 Å². The van der Waals surface area contributed by atoms with E-state index in [0.29, 0.717) is 17.6 Å². The van der Waals surface area contributed by atoms with Gasteiger partial charge in [-0.2, -0.15) is 9.67 Å². The van der Waals surface area contributed by atoms with Gasteiger partial charge in [-0.1, -0.05) is 17.3 Å². The Balaban J connectivity index is 1.60.